The quantitative estimate of drug-likeness (QED) is 0.810. The molecule has 4 heteroatoms. The number of methoxy groups -OCH3 is 1. The summed E-state index contributed by atoms with van der Waals surface area (Å²) in [6, 6.07) is 13.5. The Bertz CT molecular complexity index is 773. The van der Waals surface area contributed by atoms with Gasteiger partial charge in [0.15, 0.2) is 11.5 Å². The molecule has 3 heterocycles. The highest BCUT2D eigenvalue weighted by molar-refractivity contribution is 5.51. The SMILES string of the molecule is COC1Oc2cc3c(cc2O1)C1Cc2ccccc2CN1CC3. The molecule has 23 heavy (non-hydrogen) atoms. The van der Waals surface area contributed by atoms with Crippen molar-refractivity contribution in [2.24, 2.45) is 0 Å². The summed E-state index contributed by atoms with van der Waals surface area (Å²) < 4.78 is 16.5. The zero-order chi connectivity index (χ0) is 15.4. The summed E-state index contributed by atoms with van der Waals surface area (Å²) in [5.41, 5.74) is 5.69. The molecule has 0 N–H and O–H groups in total. The van der Waals surface area contributed by atoms with Crippen molar-refractivity contribution in [3.05, 3.63) is 58.7 Å². The molecule has 0 fully saturated rings. The summed E-state index contributed by atoms with van der Waals surface area (Å²) in [5.74, 6) is 1.61. The van der Waals surface area contributed by atoms with Crippen LogP contribution in [0.5, 0.6) is 11.5 Å². The number of nitrogens with zero attached hydrogens (tertiary/aromatic N) is 1. The van der Waals surface area contributed by atoms with Crippen molar-refractivity contribution in [1.29, 1.82) is 0 Å². The van der Waals surface area contributed by atoms with Crippen molar-refractivity contribution < 1.29 is 14.2 Å². The molecule has 0 radical (unpaired) electrons. The molecule has 0 saturated heterocycles. The van der Waals surface area contributed by atoms with Gasteiger partial charge in [-0.05, 0) is 47.2 Å². The highest BCUT2D eigenvalue weighted by Crippen LogP contribution is 2.44. The van der Waals surface area contributed by atoms with Crippen LogP contribution in [-0.4, -0.2) is 25.0 Å². The third-order valence-corrected chi connectivity index (χ3v) is 5.22. The van der Waals surface area contributed by atoms with Gasteiger partial charge in [0, 0.05) is 26.2 Å². The van der Waals surface area contributed by atoms with Crippen LogP contribution >= 0.6 is 0 Å². The first-order chi connectivity index (χ1) is 11.3. The lowest BCUT2D eigenvalue weighted by atomic mass is 9.84. The van der Waals surface area contributed by atoms with Gasteiger partial charge in [0.05, 0.1) is 0 Å². The maximum absolute atomic E-state index is 5.71. The molecule has 0 spiro atoms. The van der Waals surface area contributed by atoms with Crippen molar-refractivity contribution in [1.82, 2.24) is 4.90 Å². The molecule has 2 aromatic carbocycles. The first-order valence-electron chi connectivity index (χ1n) is 8.15. The van der Waals surface area contributed by atoms with E-state index in [9.17, 15) is 0 Å². The molecule has 4 nitrogen and oxygen atoms in total. The maximum Gasteiger partial charge on any atom is 0.360 e. The molecule has 2 aromatic rings. The van der Waals surface area contributed by atoms with Crippen LogP contribution < -0.4 is 9.47 Å². The van der Waals surface area contributed by atoms with E-state index in [-0.39, 0.29) is 0 Å². The lowest BCUT2D eigenvalue weighted by Crippen LogP contribution is -2.39. The molecule has 5 rings (SSSR count). The average molecular weight is 309 g/mol. The van der Waals surface area contributed by atoms with Crippen LogP contribution in [0.1, 0.15) is 28.3 Å². The van der Waals surface area contributed by atoms with Crippen LogP contribution in [0.4, 0.5) is 0 Å². The minimum atomic E-state index is -0.614. The highest BCUT2D eigenvalue weighted by atomic mass is 16.9. The second kappa shape index (κ2) is 4.98. The lowest BCUT2D eigenvalue weighted by Gasteiger charge is -2.41. The highest BCUT2D eigenvalue weighted by Gasteiger charge is 2.34. The van der Waals surface area contributed by atoms with E-state index < -0.39 is 6.48 Å². The smallest absolute Gasteiger partial charge is 0.360 e. The lowest BCUT2D eigenvalue weighted by molar-refractivity contribution is -0.157. The molecule has 0 amide bonds. The summed E-state index contributed by atoms with van der Waals surface area (Å²) in [7, 11) is 1.59. The Morgan fingerprint density at radius 1 is 1.04 bits per heavy atom. The van der Waals surface area contributed by atoms with E-state index in [1.807, 2.05) is 0 Å². The zero-order valence-corrected chi connectivity index (χ0v) is 13.1. The van der Waals surface area contributed by atoms with Crippen molar-refractivity contribution in [2.45, 2.75) is 31.9 Å². The van der Waals surface area contributed by atoms with Crippen molar-refractivity contribution >= 4 is 0 Å². The Morgan fingerprint density at radius 3 is 2.65 bits per heavy atom. The third-order valence-electron chi connectivity index (χ3n) is 5.22. The Kier molecular flexibility index (Phi) is 2.90. The van der Waals surface area contributed by atoms with Gasteiger partial charge in [-0.15, -0.1) is 0 Å². The van der Waals surface area contributed by atoms with Gasteiger partial charge < -0.3 is 14.2 Å². The van der Waals surface area contributed by atoms with Crippen LogP contribution in [0.2, 0.25) is 0 Å². The van der Waals surface area contributed by atoms with E-state index in [0.717, 1.165) is 37.4 Å². The van der Waals surface area contributed by atoms with E-state index in [4.69, 9.17) is 14.2 Å². The van der Waals surface area contributed by atoms with Crippen LogP contribution in [-0.2, 0) is 24.1 Å². The standard InChI is InChI=1S/C19H19NO3/c1-21-19-22-17-9-13-6-7-20-11-14-5-3-2-4-12(14)8-16(20)15(13)10-18(17)23-19/h2-5,9-10,16,19H,6-8,11H2,1H3. The number of benzene rings is 2. The third kappa shape index (κ3) is 2.06. The average Bonchev–Trinajstić information content (AvgIpc) is 3.00. The summed E-state index contributed by atoms with van der Waals surface area (Å²) in [6.07, 6.45) is 2.12. The summed E-state index contributed by atoms with van der Waals surface area (Å²) in [6.45, 7) is 1.52. The normalized spacial score (nSPS) is 24.7. The first kappa shape index (κ1) is 13.4. The minimum absolute atomic E-state index is 0.434. The molecule has 3 aliphatic heterocycles. The van der Waals surface area contributed by atoms with Gasteiger partial charge in [-0.3, -0.25) is 4.90 Å². The Morgan fingerprint density at radius 2 is 1.83 bits per heavy atom. The van der Waals surface area contributed by atoms with E-state index in [0.29, 0.717) is 6.04 Å². The number of hydrogen-bond acceptors (Lipinski definition) is 4. The monoisotopic (exact) mass is 309 g/mol. The minimum Gasteiger partial charge on any atom is -0.428 e. The van der Waals surface area contributed by atoms with Crippen molar-refractivity contribution in [2.75, 3.05) is 13.7 Å². The predicted molar refractivity (Wildman–Crippen MR) is 85.5 cm³/mol. The number of hydrogen-bond donors (Lipinski definition) is 0. The van der Waals surface area contributed by atoms with Crippen molar-refractivity contribution in [3.8, 4) is 11.5 Å². The topological polar surface area (TPSA) is 30.9 Å². The molecular formula is C19H19NO3. The van der Waals surface area contributed by atoms with Gasteiger partial charge in [-0.1, -0.05) is 24.3 Å². The molecule has 0 aliphatic carbocycles. The number of fused-ring (bicyclic) bond motifs is 5. The predicted octanol–water partition coefficient (Wildman–Crippen LogP) is 3.04. The maximum atomic E-state index is 5.71. The van der Waals surface area contributed by atoms with Crippen LogP contribution in [0.15, 0.2) is 36.4 Å². The van der Waals surface area contributed by atoms with E-state index in [1.54, 1.807) is 7.11 Å². The molecule has 3 aliphatic rings. The second-order valence-electron chi connectivity index (χ2n) is 6.47. The Labute approximate surface area is 135 Å². The molecule has 0 bridgehead atoms. The van der Waals surface area contributed by atoms with Gasteiger partial charge in [-0.25, -0.2) is 0 Å². The molecule has 0 saturated carbocycles. The van der Waals surface area contributed by atoms with Crippen molar-refractivity contribution in [3.63, 3.8) is 0 Å². The van der Waals surface area contributed by atoms with Gasteiger partial charge >= 0.3 is 6.48 Å². The van der Waals surface area contributed by atoms with E-state index in [2.05, 4.69) is 41.3 Å². The van der Waals surface area contributed by atoms with Crippen LogP contribution in [0.25, 0.3) is 0 Å². The second-order valence-corrected chi connectivity index (χ2v) is 6.47. The fourth-order valence-electron chi connectivity index (χ4n) is 4.04. The molecule has 2 unspecified atom stereocenters. The molecular weight excluding hydrogens is 290 g/mol. The fraction of sp³-hybridized carbons (Fsp3) is 0.368. The number of rotatable bonds is 1. The first-order valence-corrected chi connectivity index (χ1v) is 8.15. The van der Waals surface area contributed by atoms with E-state index in [1.165, 1.54) is 22.3 Å². The van der Waals surface area contributed by atoms with Gasteiger partial charge in [0.25, 0.3) is 0 Å². The Balaban J connectivity index is 1.54. The molecule has 0 aromatic heterocycles. The van der Waals surface area contributed by atoms with E-state index >= 15 is 0 Å². The zero-order valence-electron chi connectivity index (χ0n) is 13.1. The van der Waals surface area contributed by atoms with Gasteiger partial charge in [0.2, 0.25) is 0 Å². The molecule has 118 valence electrons. The summed E-state index contributed by atoms with van der Waals surface area (Å²) in [4.78, 5) is 2.58. The fourth-order valence-corrected chi connectivity index (χ4v) is 4.04. The summed E-state index contributed by atoms with van der Waals surface area (Å²) >= 11 is 0. The van der Waals surface area contributed by atoms with Crippen LogP contribution in [0, 0.1) is 0 Å². The number of ether oxygens (including phenoxy) is 3. The van der Waals surface area contributed by atoms with Gasteiger partial charge in [0.1, 0.15) is 0 Å². The van der Waals surface area contributed by atoms with Crippen LogP contribution in [0.3, 0.4) is 0 Å². The largest absolute Gasteiger partial charge is 0.428 e. The molecule has 2 atom stereocenters. The van der Waals surface area contributed by atoms with Gasteiger partial charge in [-0.2, -0.15) is 0 Å². The Hall–Kier alpha value is -2.04. The summed E-state index contributed by atoms with van der Waals surface area (Å²) in [5, 5.41) is 0.